The molecule has 0 atom stereocenters. The van der Waals surface area contributed by atoms with Gasteiger partial charge in [-0.1, -0.05) is 30.3 Å². The molecule has 0 aromatic heterocycles. The van der Waals surface area contributed by atoms with Crippen molar-refractivity contribution >= 4 is 5.69 Å². The molecule has 0 fully saturated rings. The molecular weight excluding hydrogens is 187 g/mol. The molecule has 0 spiro atoms. The maximum atomic E-state index is 3.97. The maximum Gasteiger partial charge on any atom is 2.00 e. The van der Waals surface area contributed by atoms with Crippen molar-refractivity contribution < 1.29 is 19.5 Å². The summed E-state index contributed by atoms with van der Waals surface area (Å²) in [6.45, 7) is 5.00. The Bertz CT molecular complexity index is 151. The topological polar surface area (TPSA) is 14.1 Å². The van der Waals surface area contributed by atoms with Gasteiger partial charge in [0.25, 0.3) is 0 Å². The fourth-order valence-corrected chi connectivity index (χ4v) is 0.577. The number of nitrogens with zero attached hydrogens (tertiary/aromatic N) is 1. The smallest absolute Gasteiger partial charge is 0.687 e. The van der Waals surface area contributed by atoms with E-state index < -0.39 is 0 Å². The summed E-state index contributed by atoms with van der Waals surface area (Å²) in [5.74, 6) is 0. The molecule has 0 saturated heterocycles. The number of hydrogen-bond donors (Lipinski definition) is 0. The Morgan fingerprint density at radius 2 is 1.55 bits per heavy atom. The van der Waals surface area contributed by atoms with Crippen LogP contribution in [0.4, 0.5) is 5.69 Å². The van der Waals surface area contributed by atoms with Gasteiger partial charge in [-0.2, -0.15) is 6.92 Å². The summed E-state index contributed by atoms with van der Waals surface area (Å²) < 4.78 is 0. The third-order valence-electron chi connectivity index (χ3n) is 1.01. The third-order valence-corrected chi connectivity index (χ3v) is 1.01. The molecular formula is C9H13NZn. The molecule has 0 unspecified atom stereocenters. The van der Waals surface area contributed by atoms with Crippen LogP contribution < -0.4 is 0 Å². The Balaban J connectivity index is 0. The largest absolute Gasteiger partial charge is 2.00 e. The van der Waals surface area contributed by atoms with Crippen LogP contribution in [0.3, 0.4) is 0 Å². The van der Waals surface area contributed by atoms with E-state index in [9.17, 15) is 0 Å². The number of hydrogen-bond acceptors (Lipinski definition) is 0. The number of benzene rings is 1. The van der Waals surface area contributed by atoms with E-state index in [0.717, 1.165) is 5.69 Å². The van der Waals surface area contributed by atoms with Gasteiger partial charge < -0.3 is 12.2 Å². The molecule has 56 valence electrons. The van der Waals surface area contributed by atoms with E-state index in [1.807, 2.05) is 30.3 Å². The van der Waals surface area contributed by atoms with Gasteiger partial charge in [0.15, 0.2) is 0 Å². The molecule has 0 radical (unpaired) electrons. The van der Waals surface area contributed by atoms with Crippen molar-refractivity contribution in [3.63, 3.8) is 0 Å². The van der Waals surface area contributed by atoms with Gasteiger partial charge in [-0.05, 0) is 0 Å². The van der Waals surface area contributed by atoms with Gasteiger partial charge in [-0.25, -0.2) is 0 Å². The zero-order valence-corrected chi connectivity index (χ0v) is 10.2. The first-order chi connectivity index (χ1) is 4.93. The quantitative estimate of drug-likeness (QED) is 0.489. The average Bonchev–Trinajstić information content (AvgIpc) is 2.10. The molecule has 0 bridgehead atoms. The van der Waals surface area contributed by atoms with Crippen LogP contribution in [0.5, 0.6) is 0 Å². The number of rotatable bonds is 1. The van der Waals surface area contributed by atoms with Crippen molar-refractivity contribution in [2.24, 2.45) is 0 Å². The molecule has 0 heterocycles. The van der Waals surface area contributed by atoms with Gasteiger partial charge in [0.05, 0.1) is 0 Å². The van der Waals surface area contributed by atoms with E-state index in [4.69, 9.17) is 0 Å². The van der Waals surface area contributed by atoms with Gasteiger partial charge in [0, 0.05) is 0 Å². The van der Waals surface area contributed by atoms with Crippen LogP contribution in [0.2, 0.25) is 0 Å². The Morgan fingerprint density at radius 3 is 1.82 bits per heavy atom. The molecule has 0 amide bonds. The predicted octanol–water partition coefficient (Wildman–Crippen LogP) is 3.16. The Hall–Kier alpha value is -0.357. The first-order valence-corrected chi connectivity index (χ1v) is 3.29. The molecule has 0 aliphatic carbocycles. The zero-order valence-electron chi connectivity index (χ0n) is 7.25. The maximum absolute atomic E-state index is 3.97. The molecule has 1 aromatic carbocycles. The minimum Gasteiger partial charge on any atom is -0.687 e. The molecule has 1 rings (SSSR count). The van der Waals surface area contributed by atoms with Crippen molar-refractivity contribution in [3.8, 4) is 0 Å². The summed E-state index contributed by atoms with van der Waals surface area (Å²) in [6.07, 6.45) is 0. The van der Waals surface area contributed by atoms with Crippen LogP contribution in [0.25, 0.3) is 5.32 Å². The first kappa shape index (κ1) is 13.2. The molecule has 2 heteroatoms. The minimum atomic E-state index is 0. The molecule has 0 aliphatic heterocycles. The van der Waals surface area contributed by atoms with Gasteiger partial charge in [-0.3, -0.25) is 0 Å². The van der Waals surface area contributed by atoms with Gasteiger partial charge in [-0.15, -0.1) is 12.7 Å². The Labute approximate surface area is 82.0 Å². The second kappa shape index (κ2) is 9.64. The summed E-state index contributed by atoms with van der Waals surface area (Å²) in [5, 5.41) is 3.97. The molecule has 11 heavy (non-hydrogen) atoms. The predicted molar refractivity (Wildman–Crippen MR) is 46.4 cm³/mol. The zero-order chi connectivity index (χ0) is 7.82. The van der Waals surface area contributed by atoms with Crippen LogP contribution in [0.15, 0.2) is 30.3 Å². The van der Waals surface area contributed by atoms with E-state index in [1.165, 1.54) is 0 Å². The van der Waals surface area contributed by atoms with Crippen LogP contribution >= 0.6 is 0 Å². The van der Waals surface area contributed by atoms with Crippen molar-refractivity contribution in [2.45, 2.75) is 6.92 Å². The van der Waals surface area contributed by atoms with Crippen molar-refractivity contribution in [2.75, 3.05) is 7.05 Å². The fraction of sp³-hybridized carbons (Fsp3) is 0.222. The SMILES string of the molecule is C[N-]c1ccccc1.[CH2-]C.[Zn+2]. The van der Waals surface area contributed by atoms with Crippen LogP contribution in [-0.2, 0) is 19.5 Å². The van der Waals surface area contributed by atoms with Crippen molar-refractivity contribution in [1.82, 2.24) is 0 Å². The van der Waals surface area contributed by atoms with E-state index in [-0.39, 0.29) is 19.5 Å². The van der Waals surface area contributed by atoms with E-state index in [2.05, 4.69) is 12.2 Å². The summed E-state index contributed by atoms with van der Waals surface area (Å²) in [4.78, 5) is 0. The normalized spacial score (nSPS) is 6.82. The van der Waals surface area contributed by atoms with Crippen molar-refractivity contribution in [1.29, 1.82) is 0 Å². The van der Waals surface area contributed by atoms with Crippen LogP contribution in [0, 0.1) is 6.92 Å². The Kier molecular flexibility index (Phi) is 11.6. The molecule has 0 N–H and O–H groups in total. The molecule has 1 nitrogen and oxygen atoms in total. The monoisotopic (exact) mass is 199 g/mol. The standard InChI is InChI=1S/C7H8N.C2H5.Zn/c1-8-7-5-3-2-4-6-7;1-2;/h2-6H,1H3;1H2,2H3;/q2*-1;+2. The Morgan fingerprint density at radius 1 is 1.09 bits per heavy atom. The first-order valence-electron chi connectivity index (χ1n) is 3.29. The second-order valence-corrected chi connectivity index (χ2v) is 1.56. The van der Waals surface area contributed by atoms with E-state index in [0.29, 0.717) is 0 Å². The third kappa shape index (κ3) is 6.06. The van der Waals surface area contributed by atoms with E-state index >= 15 is 0 Å². The summed E-state index contributed by atoms with van der Waals surface area (Å²) in [6, 6.07) is 9.87. The average molecular weight is 201 g/mol. The number of para-hydroxylation sites is 1. The van der Waals surface area contributed by atoms with Gasteiger partial charge in [0.1, 0.15) is 0 Å². The molecule has 1 aromatic rings. The molecule has 0 saturated carbocycles. The second-order valence-electron chi connectivity index (χ2n) is 1.56. The van der Waals surface area contributed by atoms with Gasteiger partial charge >= 0.3 is 19.5 Å². The summed E-state index contributed by atoms with van der Waals surface area (Å²) >= 11 is 0. The molecule has 0 aliphatic rings. The van der Waals surface area contributed by atoms with Crippen molar-refractivity contribution in [3.05, 3.63) is 42.6 Å². The van der Waals surface area contributed by atoms with Crippen LogP contribution in [-0.4, -0.2) is 7.05 Å². The summed E-state index contributed by atoms with van der Waals surface area (Å²) in [5.41, 5.74) is 1.03. The fourth-order valence-electron chi connectivity index (χ4n) is 0.577. The summed E-state index contributed by atoms with van der Waals surface area (Å²) in [7, 11) is 1.79. The van der Waals surface area contributed by atoms with Crippen LogP contribution in [0.1, 0.15) is 6.92 Å². The van der Waals surface area contributed by atoms with E-state index in [1.54, 1.807) is 14.0 Å². The van der Waals surface area contributed by atoms with Gasteiger partial charge in [0.2, 0.25) is 0 Å². The minimum absolute atomic E-state index is 0.